The van der Waals surface area contributed by atoms with Crippen molar-refractivity contribution in [3.8, 4) is 56.3 Å². The van der Waals surface area contributed by atoms with E-state index in [1.54, 1.807) is 0 Å². The number of nitrogens with zero attached hydrogens (tertiary/aromatic N) is 4. The third-order valence-electron chi connectivity index (χ3n) is 14.8. The minimum Gasteiger partial charge on any atom is -0.309 e. The molecule has 0 unspecified atom stereocenters. The summed E-state index contributed by atoms with van der Waals surface area (Å²) in [7, 11) is 0. The Morgan fingerprint density at radius 2 is 0.736 bits per heavy atom. The molecule has 12 aromatic carbocycles. The van der Waals surface area contributed by atoms with Crippen molar-refractivity contribution in [2.45, 2.75) is 0 Å². The number of hydrogen-bond donors (Lipinski definition) is 0. The van der Waals surface area contributed by atoms with Crippen molar-refractivity contribution in [2.24, 2.45) is 0 Å². The van der Waals surface area contributed by atoms with Crippen LogP contribution in [0.1, 0.15) is 0 Å². The molecule has 0 aliphatic carbocycles. The molecule has 72 heavy (non-hydrogen) atoms. The van der Waals surface area contributed by atoms with Crippen molar-refractivity contribution < 1.29 is 0 Å². The number of rotatable bonds is 6. The number of hydrogen-bond acceptors (Lipinski definition) is 2. The maximum absolute atomic E-state index is 5.46. The van der Waals surface area contributed by atoms with Gasteiger partial charge >= 0.3 is 0 Å². The fourth-order valence-electron chi connectivity index (χ4n) is 11.3. The van der Waals surface area contributed by atoms with Crippen LogP contribution in [0.4, 0.5) is 0 Å². The molecule has 0 saturated carbocycles. The van der Waals surface area contributed by atoms with Crippen molar-refractivity contribution in [1.29, 1.82) is 0 Å². The zero-order chi connectivity index (χ0) is 47.3. The lowest BCUT2D eigenvalue weighted by Gasteiger charge is -2.14. The van der Waals surface area contributed by atoms with Crippen LogP contribution >= 0.6 is 0 Å². The van der Waals surface area contributed by atoms with E-state index in [2.05, 4.69) is 264 Å². The van der Waals surface area contributed by atoms with E-state index in [9.17, 15) is 0 Å². The largest absolute Gasteiger partial charge is 0.309 e. The lowest BCUT2D eigenvalue weighted by Crippen LogP contribution is -1.97. The number of aromatic nitrogens is 4. The van der Waals surface area contributed by atoms with Crippen LogP contribution in [-0.4, -0.2) is 19.1 Å². The Morgan fingerprint density at radius 1 is 0.236 bits per heavy atom. The molecule has 15 aromatic rings. The Bertz CT molecular complexity index is 4620. The number of fused-ring (bicyclic) bond motifs is 10. The number of benzene rings is 12. The van der Waals surface area contributed by atoms with Gasteiger partial charge in [0.1, 0.15) is 0 Å². The molecule has 15 rings (SSSR count). The van der Waals surface area contributed by atoms with Crippen molar-refractivity contribution in [1.82, 2.24) is 19.1 Å². The predicted octanol–water partition coefficient (Wildman–Crippen LogP) is 18.0. The molecule has 0 bridgehead atoms. The van der Waals surface area contributed by atoms with Crippen molar-refractivity contribution in [3.05, 3.63) is 255 Å². The van der Waals surface area contributed by atoms with Gasteiger partial charge in [0.2, 0.25) is 0 Å². The summed E-state index contributed by atoms with van der Waals surface area (Å²) < 4.78 is 4.89. The lowest BCUT2D eigenvalue weighted by molar-refractivity contribution is 1.17. The third-order valence-corrected chi connectivity index (χ3v) is 14.8. The summed E-state index contributed by atoms with van der Waals surface area (Å²) in [6.45, 7) is 0. The Hall–Kier alpha value is -9.64. The van der Waals surface area contributed by atoms with Gasteiger partial charge in [-0.3, -0.25) is 0 Å². The van der Waals surface area contributed by atoms with Crippen LogP contribution in [0.5, 0.6) is 0 Å². The van der Waals surface area contributed by atoms with E-state index in [0.717, 1.165) is 77.6 Å². The van der Waals surface area contributed by atoms with Gasteiger partial charge in [-0.15, -0.1) is 0 Å². The van der Waals surface area contributed by atoms with Crippen LogP contribution in [0.25, 0.3) is 143 Å². The molecule has 0 radical (unpaired) electrons. The zero-order valence-electron chi connectivity index (χ0n) is 39.0. The molecule has 0 spiro atoms. The van der Waals surface area contributed by atoms with Crippen LogP contribution in [0.3, 0.4) is 0 Å². The second-order valence-electron chi connectivity index (χ2n) is 19.0. The fraction of sp³-hybridized carbons (Fsp3) is 0. The summed E-state index contributed by atoms with van der Waals surface area (Å²) in [5.41, 5.74) is 15.4. The molecular formula is C68H42N4. The monoisotopic (exact) mass is 914 g/mol. The van der Waals surface area contributed by atoms with Crippen LogP contribution in [-0.2, 0) is 0 Å². The highest BCUT2D eigenvalue weighted by Gasteiger charge is 2.20. The van der Waals surface area contributed by atoms with Gasteiger partial charge in [-0.25, -0.2) is 9.97 Å². The van der Waals surface area contributed by atoms with E-state index in [0.29, 0.717) is 5.82 Å². The molecule has 0 atom stereocenters. The summed E-state index contributed by atoms with van der Waals surface area (Å²) in [5, 5.41) is 13.1. The van der Waals surface area contributed by atoms with Gasteiger partial charge in [-0.2, -0.15) is 0 Å². The first kappa shape index (κ1) is 40.3. The fourth-order valence-corrected chi connectivity index (χ4v) is 11.3. The second kappa shape index (κ2) is 16.0. The molecule has 4 nitrogen and oxygen atoms in total. The van der Waals surface area contributed by atoms with Gasteiger partial charge < -0.3 is 9.13 Å². The SMILES string of the molecule is c1ccc(-c2cc(-c3ccccc3)cc(-c3nc(-c4ccc5ccc(-n6c7ccc(-n8c9ccccc9c9cc%10ccccc%10cc98)cc7c7cc8ccccc8cc76)cc5c4)nc4ccccc34)c2)cc1. The molecule has 0 saturated heterocycles. The van der Waals surface area contributed by atoms with Crippen molar-refractivity contribution >= 4 is 86.8 Å². The first-order valence-electron chi connectivity index (χ1n) is 24.6. The lowest BCUT2D eigenvalue weighted by atomic mass is 9.94. The predicted molar refractivity (Wildman–Crippen MR) is 302 cm³/mol. The van der Waals surface area contributed by atoms with E-state index < -0.39 is 0 Å². The van der Waals surface area contributed by atoms with Gasteiger partial charge in [0.15, 0.2) is 5.82 Å². The van der Waals surface area contributed by atoms with Gasteiger partial charge in [0, 0.05) is 49.4 Å². The van der Waals surface area contributed by atoms with E-state index in [4.69, 9.17) is 9.97 Å². The van der Waals surface area contributed by atoms with Crippen LogP contribution in [0.2, 0.25) is 0 Å². The van der Waals surface area contributed by atoms with Crippen molar-refractivity contribution in [2.75, 3.05) is 0 Å². The van der Waals surface area contributed by atoms with Crippen LogP contribution in [0.15, 0.2) is 255 Å². The van der Waals surface area contributed by atoms with E-state index in [1.807, 2.05) is 0 Å². The zero-order valence-corrected chi connectivity index (χ0v) is 39.0. The van der Waals surface area contributed by atoms with Crippen LogP contribution < -0.4 is 0 Å². The first-order chi connectivity index (χ1) is 35.6. The minimum absolute atomic E-state index is 0.691. The maximum Gasteiger partial charge on any atom is 0.160 e. The van der Waals surface area contributed by atoms with E-state index in [-0.39, 0.29) is 0 Å². The van der Waals surface area contributed by atoms with Gasteiger partial charge in [-0.1, -0.05) is 164 Å². The van der Waals surface area contributed by atoms with Gasteiger partial charge in [-0.05, 0) is 146 Å². The van der Waals surface area contributed by atoms with E-state index in [1.165, 1.54) is 59.6 Å². The summed E-state index contributed by atoms with van der Waals surface area (Å²) in [4.78, 5) is 10.7. The molecule has 0 amide bonds. The molecule has 3 aromatic heterocycles. The van der Waals surface area contributed by atoms with E-state index >= 15 is 0 Å². The molecule has 0 fully saturated rings. The standard InChI is InChI=1S/C68H42N4/c1-3-15-43(16-4-1)51-34-52(44-17-5-2-6-18-44)36-54(35-51)67-58-24-11-13-25-62(58)69-68(70-67)50-28-27-45-29-30-55(37-53(45)33-50)71-64-32-31-56(42-61(64)60-39-47-20-8-10-22-49(47)41-66(60)71)72-63-26-14-12-23-57(63)59-38-46-19-7-9-21-48(46)40-65(59)72/h1-42H. The topological polar surface area (TPSA) is 35.6 Å². The Balaban J connectivity index is 0.903. The molecule has 0 aliphatic rings. The Labute approximate surface area is 415 Å². The molecule has 334 valence electrons. The number of para-hydroxylation sites is 2. The highest BCUT2D eigenvalue weighted by atomic mass is 15.0. The molecule has 0 aliphatic heterocycles. The van der Waals surface area contributed by atoms with Crippen LogP contribution in [0, 0.1) is 0 Å². The smallest absolute Gasteiger partial charge is 0.160 e. The molecule has 4 heteroatoms. The highest BCUT2D eigenvalue weighted by Crippen LogP contribution is 2.41. The average molecular weight is 915 g/mol. The first-order valence-corrected chi connectivity index (χ1v) is 24.6. The molecule has 3 heterocycles. The quantitative estimate of drug-likeness (QED) is 0.167. The third kappa shape index (κ3) is 6.47. The summed E-state index contributed by atoms with van der Waals surface area (Å²) in [6, 6.07) is 92.5. The summed E-state index contributed by atoms with van der Waals surface area (Å²) in [5.74, 6) is 0.691. The average Bonchev–Trinajstić information content (AvgIpc) is 3.94. The minimum atomic E-state index is 0.691. The highest BCUT2D eigenvalue weighted by molar-refractivity contribution is 6.16. The molecular weight excluding hydrogens is 873 g/mol. The Kier molecular flexibility index (Phi) is 8.92. The second-order valence-corrected chi connectivity index (χ2v) is 19.0. The van der Waals surface area contributed by atoms with Crippen molar-refractivity contribution in [3.63, 3.8) is 0 Å². The maximum atomic E-state index is 5.46. The van der Waals surface area contributed by atoms with Gasteiger partial charge in [0.05, 0.1) is 33.3 Å². The summed E-state index contributed by atoms with van der Waals surface area (Å²) in [6.07, 6.45) is 0. The normalized spacial score (nSPS) is 11.9. The van der Waals surface area contributed by atoms with Gasteiger partial charge in [0.25, 0.3) is 0 Å². The molecule has 0 N–H and O–H groups in total. The summed E-state index contributed by atoms with van der Waals surface area (Å²) >= 11 is 0. The Morgan fingerprint density at radius 3 is 1.42 bits per heavy atom.